The highest BCUT2D eigenvalue weighted by Crippen LogP contribution is 2.47. The van der Waals surface area contributed by atoms with Gasteiger partial charge in [0.2, 0.25) is 18.0 Å². The Bertz CT molecular complexity index is 1690. The molecule has 0 atom stereocenters. The highest BCUT2D eigenvalue weighted by atomic mass is 35.5. The summed E-state index contributed by atoms with van der Waals surface area (Å²) in [4.78, 5) is 15.1. The van der Waals surface area contributed by atoms with Crippen molar-refractivity contribution in [2.24, 2.45) is 0 Å². The normalized spacial score (nSPS) is 15.1. The molecule has 4 aromatic rings. The molecular weight excluding hydrogens is 569 g/mol. The molecule has 13 heteroatoms. The number of benzene rings is 1. The van der Waals surface area contributed by atoms with Crippen LogP contribution in [0, 0.1) is 11.6 Å². The number of fused-ring (bicyclic) bond motifs is 1. The van der Waals surface area contributed by atoms with Crippen LogP contribution < -0.4 is 36.6 Å². The number of aromatic nitrogens is 2. The maximum absolute atomic E-state index is 14.4. The van der Waals surface area contributed by atoms with Gasteiger partial charge in [-0.2, -0.15) is 17.7 Å². The number of thiazole rings is 1. The number of furan rings is 1. The first-order chi connectivity index (χ1) is 17.6. The van der Waals surface area contributed by atoms with E-state index in [1.165, 1.54) is 23.5 Å². The number of hydrogen-bond acceptors (Lipinski definition) is 5. The van der Waals surface area contributed by atoms with Crippen LogP contribution in [-0.4, -0.2) is 11.6 Å². The summed E-state index contributed by atoms with van der Waals surface area (Å²) in [5.74, 6) is -2.86. The minimum absolute atomic E-state index is 0. The Morgan fingerprint density at radius 3 is 2.55 bits per heavy atom. The molecular formula is C25H19ClF5N3O2S2. The summed E-state index contributed by atoms with van der Waals surface area (Å²) >= 11 is 2.20. The number of thioether (sulfide) groups is 1. The van der Waals surface area contributed by atoms with Gasteiger partial charge in [0.25, 0.3) is 5.56 Å². The zero-order valence-corrected chi connectivity index (χ0v) is 22.2. The first kappa shape index (κ1) is 27.9. The van der Waals surface area contributed by atoms with Crippen molar-refractivity contribution in [2.75, 3.05) is 11.9 Å². The Labute approximate surface area is 227 Å². The highest BCUT2D eigenvalue weighted by molar-refractivity contribution is 8.08. The number of halogens is 6. The fourth-order valence-electron chi connectivity index (χ4n) is 4.00. The number of hydrogen-bond donors (Lipinski definition) is 0. The van der Waals surface area contributed by atoms with Crippen molar-refractivity contribution >= 4 is 39.9 Å². The third-order valence-corrected chi connectivity index (χ3v) is 8.34. The molecule has 4 heterocycles. The lowest BCUT2D eigenvalue weighted by Crippen LogP contribution is -3.00. The lowest BCUT2D eigenvalue weighted by atomic mass is 10.3. The average molecular weight is 588 g/mol. The smallest absolute Gasteiger partial charge is 0.449 e. The van der Waals surface area contributed by atoms with Gasteiger partial charge in [0.05, 0.1) is 10.6 Å². The predicted molar refractivity (Wildman–Crippen MR) is 131 cm³/mol. The van der Waals surface area contributed by atoms with Crippen LogP contribution in [0.15, 0.2) is 62.8 Å². The van der Waals surface area contributed by atoms with Gasteiger partial charge in [0, 0.05) is 31.8 Å². The van der Waals surface area contributed by atoms with Crippen molar-refractivity contribution in [3.63, 3.8) is 0 Å². The van der Waals surface area contributed by atoms with Gasteiger partial charge in [-0.1, -0.05) is 11.8 Å². The Hall–Kier alpha value is -3.09. The molecule has 1 aliphatic heterocycles. The van der Waals surface area contributed by atoms with E-state index in [1.54, 1.807) is 51.6 Å². The van der Waals surface area contributed by atoms with E-state index in [9.17, 15) is 26.7 Å². The second kappa shape index (κ2) is 10.6. The van der Waals surface area contributed by atoms with Gasteiger partial charge in [-0.05, 0) is 37.3 Å². The van der Waals surface area contributed by atoms with E-state index in [4.69, 9.17) is 4.42 Å². The number of nitrogens with zero attached hydrogens (tertiary/aromatic N) is 3. The minimum atomic E-state index is -4.57. The summed E-state index contributed by atoms with van der Waals surface area (Å²) in [5, 5.41) is 0.493. The van der Waals surface area contributed by atoms with Crippen LogP contribution in [0.1, 0.15) is 24.1 Å². The van der Waals surface area contributed by atoms with Gasteiger partial charge >= 0.3 is 6.18 Å². The lowest BCUT2D eigenvalue weighted by Gasteiger charge is -2.12. The van der Waals surface area contributed by atoms with E-state index in [1.807, 2.05) is 6.92 Å². The maximum atomic E-state index is 14.4. The third kappa shape index (κ3) is 4.99. The molecule has 0 bridgehead atoms. The Kier molecular flexibility index (Phi) is 7.78. The van der Waals surface area contributed by atoms with Gasteiger partial charge in [0.1, 0.15) is 14.2 Å². The molecule has 3 aromatic heterocycles. The maximum Gasteiger partial charge on any atom is 0.449 e. The Balaban J connectivity index is 0.00000336. The molecule has 0 saturated heterocycles. The molecule has 5 rings (SSSR count). The average Bonchev–Trinajstić information content (AvgIpc) is 3.54. The molecule has 0 aliphatic carbocycles. The van der Waals surface area contributed by atoms with Crippen LogP contribution in [0.3, 0.4) is 0 Å². The number of alkyl halides is 3. The summed E-state index contributed by atoms with van der Waals surface area (Å²) in [6.07, 6.45) is -1.11. The fourth-order valence-corrected chi connectivity index (χ4v) is 6.49. The SMILES string of the molecule is CCn1c(=O)/c(=C2\Sc3c(ccc(F)c3F)N2C)s/c1=C\c1cccc[n+]1Cc1ccc(C(F)(F)F)o1.[Cl-]. The summed E-state index contributed by atoms with van der Waals surface area (Å²) in [5.41, 5.74) is 0.833. The van der Waals surface area contributed by atoms with E-state index in [-0.39, 0.29) is 35.2 Å². The summed E-state index contributed by atoms with van der Waals surface area (Å²) < 4.78 is 76.2. The van der Waals surface area contributed by atoms with Crippen molar-refractivity contribution in [3.8, 4) is 0 Å². The minimum Gasteiger partial charge on any atom is -1.00 e. The van der Waals surface area contributed by atoms with Gasteiger partial charge in [-0.3, -0.25) is 9.36 Å². The lowest BCUT2D eigenvalue weighted by molar-refractivity contribution is -0.691. The van der Waals surface area contributed by atoms with E-state index >= 15 is 0 Å². The zero-order chi connectivity index (χ0) is 26.5. The van der Waals surface area contributed by atoms with Crippen molar-refractivity contribution in [1.29, 1.82) is 0 Å². The van der Waals surface area contributed by atoms with Crippen LogP contribution in [0.4, 0.5) is 27.6 Å². The predicted octanol–water partition coefficient (Wildman–Crippen LogP) is 1.30. The number of anilines is 1. The number of rotatable bonds is 4. The van der Waals surface area contributed by atoms with E-state index in [2.05, 4.69) is 0 Å². The molecule has 0 spiro atoms. The fraction of sp³-hybridized carbons (Fsp3) is 0.200. The van der Waals surface area contributed by atoms with Crippen molar-refractivity contribution < 1.29 is 43.3 Å². The molecule has 0 amide bonds. The van der Waals surface area contributed by atoms with E-state index in [0.717, 1.165) is 23.9 Å². The Morgan fingerprint density at radius 1 is 1.11 bits per heavy atom. The standard InChI is InChI=1S/C25H19F5N3O2S2.ClH/c1-3-33-19(12-14-6-4-5-11-32(14)13-15-7-10-18(35-15)25(28,29)30)36-22(23(33)34)24-31(2)17-9-8-16(26)20(27)21(17)37-24;/h4-12H,3,13H2,1-2H3;1H/q+1;/p-1/b24-22+;. The van der Waals surface area contributed by atoms with Crippen LogP contribution >= 0.6 is 23.1 Å². The van der Waals surface area contributed by atoms with E-state index in [0.29, 0.717) is 32.2 Å². The van der Waals surface area contributed by atoms with E-state index < -0.39 is 23.6 Å². The van der Waals surface area contributed by atoms with Crippen molar-refractivity contribution in [3.05, 3.63) is 97.1 Å². The Morgan fingerprint density at radius 2 is 1.87 bits per heavy atom. The van der Waals surface area contributed by atoms with Crippen molar-refractivity contribution in [1.82, 2.24) is 4.57 Å². The first-order valence-corrected chi connectivity index (χ1v) is 12.7. The second-order valence-electron chi connectivity index (χ2n) is 8.16. The molecule has 38 heavy (non-hydrogen) atoms. The molecule has 1 aromatic carbocycles. The molecule has 0 saturated carbocycles. The van der Waals surface area contributed by atoms with Crippen LogP contribution in [0.2, 0.25) is 0 Å². The highest BCUT2D eigenvalue weighted by Gasteiger charge is 2.35. The molecule has 5 nitrogen and oxygen atoms in total. The van der Waals surface area contributed by atoms with Crippen LogP contribution in [-0.2, 0) is 19.3 Å². The third-order valence-electron chi connectivity index (χ3n) is 5.83. The summed E-state index contributed by atoms with van der Waals surface area (Å²) in [7, 11) is 1.69. The number of pyridine rings is 1. The molecule has 0 fully saturated rings. The molecule has 0 N–H and O–H groups in total. The molecule has 0 unspecified atom stereocenters. The molecule has 1 aliphatic rings. The largest absolute Gasteiger partial charge is 1.00 e. The van der Waals surface area contributed by atoms with Gasteiger partial charge in [0.15, 0.2) is 23.6 Å². The summed E-state index contributed by atoms with van der Waals surface area (Å²) in [6, 6.07) is 9.98. The zero-order valence-electron chi connectivity index (χ0n) is 19.9. The monoisotopic (exact) mass is 587 g/mol. The topological polar surface area (TPSA) is 42.3 Å². The molecule has 0 radical (unpaired) electrons. The van der Waals surface area contributed by atoms with Crippen molar-refractivity contribution in [2.45, 2.75) is 31.1 Å². The summed E-state index contributed by atoms with van der Waals surface area (Å²) in [6.45, 7) is 2.22. The van der Waals surface area contributed by atoms with Crippen LogP contribution in [0.5, 0.6) is 0 Å². The quantitative estimate of drug-likeness (QED) is 0.267. The van der Waals surface area contributed by atoms with Crippen LogP contribution in [0.25, 0.3) is 11.1 Å². The van der Waals surface area contributed by atoms with Gasteiger partial charge in [-0.25, -0.2) is 8.78 Å². The van der Waals surface area contributed by atoms with Gasteiger partial charge < -0.3 is 21.7 Å². The second-order valence-corrected chi connectivity index (χ2v) is 10.2. The first-order valence-electron chi connectivity index (χ1n) is 11.1. The van der Waals surface area contributed by atoms with Gasteiger partial charge in [-0.15, -0.1) is 11.3 Å². The molecule has 200 valence electrons.